The summed E-state index contributed by atoms with van der Waals surface area (Å²) < 4.78 is 1.64. The third-order valence-electron chi connectivity index (χ3n) is 2.87. The zero-order valence-corrected chi connectivity index (χ0v) is 8.26. The van der Waals surface area contributed by atoms with Gasteiger partial charge in [0.15, 0.2) is 5.69 Å². The van der Waals surface area contributed by atoms with Gasteiger partial charge in [0, 0.05) is 0 Å². The van der Waals surface area contributed by atoms with E-state index < -0.39 is 12.0 Å². The number of imidazole rings is 1. The van der Waals surface area contributed by atoms with Gasteiger partial charge in [-0.1, -0.05) is 0 Å². The maximum absolute atomic E-state index is 10.9. The van der Waals surface area contributed by atoms with Crippen LogP contribution in [-0.4, -0.2) is 26.7 Å². The average Bonchev–Trinajstić information content (AvgIpc) is 2.71. The summed E-state index contributed by atoms with van der Waals surface area (Å²) in [6.45, 7) is 0. The van der Waals surface area contributed by atoms with E-state index in [1.165, 1.54) is 6.33 Å². The summed E-state index contributed by atoms with van der Waals surface area (Å²) in [5.41, 5.74) is 10.9. The number of hydrogen-bond donors (Lipinski definition) is 3. The summed E-state index contributed by atoms with van der Waals surface area (Å²) in [7, 11) is 0. The van der Waals surface area contributed by atoms with Crippen molar-refractivity contribution in [3.05, 3.63) is 12.0 Å². The highest BCUT2D eigenvalue weighted by Crippen LogP contribution is 2.32. The minimum Gasteiger partial charge on any atom is -0.391 e. The van der Waals surface area contributed by atoms with E-state index in [4.69, 9.17) is 11.5 Å². The number of aliphatic hydroxyl groups is 1. The predicted molar refractivity (Wildman–Crippen MR) is 54.1 cm³/mol. The van der Waals surface area contributed by atoms with Crippen LogP contribution in [0.3, 0.4) is 0 Å². The topological polar surface area (TPSA) is 107 Å². The largest absolute Gasteiger partial charge is 0.391 e. The monoisotopic (exact) mass is 210 g/mol. The molecule has 1 aliphatic carbocycles. The van der Waals surface area contributed by atoms with E-state index in [1.807, 2.05) is 0 Å². The zero-order valence-electron chi connectivity index (χ0n) is 8.26. The molecular weight excluding hydrogens is 196 g/mol. The van der Waals surface area contributed by atoms with Crippen molar-refractivity contribution in [2.24, 2.45) is 5.73 Å². The van der Waals surface area contributed by atoms with Crippen LogP contribution < -0.4 is 11.5 Å². The van der Waals surface area contributed by atoms with Crippen LogP contribution in [0.25, 0.3) is 0 Å². The number of nitrogens with zero attached hydrogens (tertiary/aromatic N) is 2. The van der Waals surface area contributed by atoms with Crippen LogP contribution in [0, 0.1) is 0 Å². The number of hydrogen-bond acceptors (Lipinski definition) is 4. The molecule has 15 heavy (non-hydrogen) atoms. The number of carbonyl (C=O) groups excluding carboxylic acids is 1. The minimum absolute atomic E-state index is 0.0779. The lowest BCUT2D eigenvalue weighted by atomic mass is 10.2. The molecular formula is C9H14N4O2. The molecule has 1 saturated carbocycles. The fraction of sp³-hybridized carbons (Fsp3) is 0.556. The van der Waals surface area contributed by atoms with Crippen molar-refractivity contribution in [2.75, 3.05) is 5.73 Å². The third-order valence-corrected chi connectivity index (χ3v) is 2.87. The van der Waals surface area contributed by atoms with Gasteiger partial charge in [-0.15, -0.1) is 0 Å². The van der Waals surface area contributed by atoms with Gasteiger partial charge >= 0.3 is 0 Å². The Balaban J connectivity index is 2.33. The number of rotatable bonds is 2. The van der Waals surface area contributed by atoms with E-state index in [2.05, 4.69) is 4.98 Å². The molecule has 6 heteroatoms. The van der Waals surface area contributed by atoms with Gasteiger partial charge in [0.1, 0.15) is 5.82 Å². The Kier molecular flexibility index (Phi) is 2.36. The number of aromatic nitrogens is 2. The number of nitrogen functional groups attached to an aromatic ring is 1. The lowest BCUT2D eigenvalue weighted by Gasteiger charge is -2.17. The van der Waals surface area contributed by atoms with E-state index >= 15 is 0 Å². The fourth-order valence-corrected chi connectivity index (χ4v) is 2.07. The molecule has 1 amide bonds. The first kappa shape index (κ1) is 9.97. The SMILES string of the molecule is NC(=O)c1ncn(C2CCCC2O)c1N. The van der Waals surface area contributed by atoms with Crippen molar-refractivity contribution in [2.45, 2.75) is 31.4 Å². The van der Waals surface area contributed by atoms with Gasteiger partial charge in [0.2, 0.25) is 0 Å². The molecule has 0 aliphatic heterocycles. The smallest absolute Gasteiger partial charge is 0.271 e. The van der Waals surface area contributed by atoms with Gasteiger partial charge in [-0.2, -0.15) is 0 Å². The van der Waals surface area contributed by atoms with Gasteiger partial charge in [0.05, 0.1) is 18.5 Å². The third kappa shape index (κ3) is 1.56. The van der Waals surface area contributed by atoms with Crippen LogP contribution in [0.5, 0.6) is 0 Å². The minimum atomic E-state index is -0.640. The number of aliphatic hydroxyl groups excluding tert-OH is 1. The molecule has 0 bridgehead atoms. The second-order valence-corrected chi connectivity index (χ2v) is 3.82. The number of nitrogens with two attached hydrogens (primary N) is 2. The molecule has 2 rings (SSSR count). The van der Waals surface area contributed by atoms with E-state index in [9.17, 15) is 9.90 Å². The van der Waals surface area contributed by atoms with Crippen LogP contribution in [-0.2, 0) is 0 Å². The number of carbonyl (C=O) groups is 1. The number of anilines is 1. The summed E-state index contributed by atoms with van der Waals surface area (Å²) in [6, 6.07) is -0.0781. The van der Waals surface area contributed by atoms with Crippen molar-refractivity contribution < 1.29 is 9.90 Å². The Hall–Kier alpha value is -1.56. The Morgan fingerprint density at radius 2 is 2.33 bits per heavy atom. The summed E-state index contributed by atoms with van der Waals surface area (Å²) in [5.74, 6) is -0.396. The fourth-order valence-electron chi connectivity index (χ4n) is 2.07. The highest BCUT2D eigenvalue weighted by atomic mass is 16.3. The second-order valence-electron chi connectivity index (χ2n) is 3.82. The first-order valence-corrected chi connectivity index (χ1v) is 4.91. The molecule has 82 valence electrons. The molecule has 5 N–H and O–H groups in total. The zero-order chi connectivity index (χ0) is 11.0. The molecule has 6 nitrogen and oxygen atoms in total. The molecule has 1 heterocycles. The van der Waals surface area contributed by atoms with Crippen LogP contribution in [0.4, 0.5) is 5.82 Å². The molecule has 0 radical (unpaired) electrons. The van der Waals surface area contributed by atoms with E-state index in [0.717, 1.165) is 19.3 Å². The summed E-state index contributed by atoms with van der Waals surface area (Å²) in [6.07, 6.45) is 3.61. The number of primary amides is 1. The molecule has 0 aromatic carbocycles. The number of amides is 1. The highest BCUT2D eigenvalue weighted by molar-refractivity contribution is 5.95. The Morgan fingerprint density at radius 3 is 2.80 bits per heavy atom. The summed E-state index contributed by atoms with van der Waals surface area (Å²) >= 11 is 0. The predicted octanol–water partition coefficient (Wildman–Crippen LogP) is -0.350. The lowest BCUT2D eigenvalue weighted by molar-refractivity contribution is 0.0996. The Labute approximate surface area is 86.9 Å². The Morgan fingerprint density at radius 1 is 1.60 bits per heavy atom. The molecule has 1 aromatic rings. The molecule has 2 unspecified atom stereocenters. The van der Waals surface area contributed by atoms with Crippen LogP contribution in [0.1, 0.15) is 35.8 Å². The van der Waals surface area contributed by atoms with Crippen molar-refractivity contribution in [3.63, 3.8) is 0 Å². The van der Waals surface area contributed by atoms with Crippen LogP contribution in [0.2, 0.25) is 0 Å². The molecule has 0 saturated heterocycles. The van der Waals surface area contributed by atoms with Crippen molar-refractivity contribution in [3.8, 4) is 0 Å². The summed E-state index contributed by atoms with van der Waals surface area (Å²) in [5, 5.41) is 9.69. The van der Waals surface area contributed by atoms with Crippen molar-refractivity contribution in [1.82, 2.24) is 9.55 Å². The molecule has 1 aliphatic rings. The Bertz CT molecular complexity index is 387. The maximum Gasteiger partial charge on any atom is 0.271 e. The molecule has 1 fully saturated rings. The lowest BCUT2D eigenvalue weighted by Crippen LogP contribution is -2.20. The average molecular weight is 210 g/mol. The first-order chi connectivity index (χ1) is 7.11. The van der Waals surface area contributed by atoms with Gasteiger partial charge in [-0.05, 0) is 19.3 Å². The standard InChI is InChI=1S/C9H14N4O2/c10-8-7(9(11)15)12-4-13(8)5-2-1-3-6(5)14/h4-6,14H,1-3,10H2,(H2,11,15). The quantitative estimate of drug-likeness (QED) is 0.620. The van der Waals surface area contributed by atoms with Gasteiger partial charge in [-0.25, -0.2) is 4.98 Å². The highest BCUT2D eigenvalue weighted by Gasteiger charge is 2.29. The van der Waals surface area contributed by atoms with Crippen LogP contribution >= 0.6 is 0 Å². The van der Waals surface area contributed by atoms with Gasteiger partial charge in [0.25, 0.3) is 5.91 Å². The van der Waals surface area contributed by atoms with E-state index in [-0.39, 0.29) is 17.6 Å². The maximum atomic E-state index is 10.9. The normalized spacial score (nSPS) is 25.7. The molecule has 0 spiro atoms. The van der Waals surface area contributed by atoms with Crippen LogP contribution in [0.15, 0.2) is 6.33 Å². The first-order valence-electron chi connectivity index (χ1n) is 4.91. The van der Waals surface area contributed by atoms with Crippen molar-refractivity contribution >= 4 is 11.7 Å². The van der Waals surface area contributed by atoms with E-state index in [1.54, 1.807) is 4.57 Å². The second kappa shape index (κ2) is 3.54. The van der Waals surface area contributed by atoms with E-state index in [0.29, 0.717) is 0 Å². The van der Waals surface area contributed by atoms with Gasteiger partial charge in [-0.3, -0.25) is 4.79 Å². The van der Waals surface area contributed by atoms with Crippen molar-refractivity contribution in [1.29, 1.82) is 0 Å². The van der Waals surface area contributed by atoms with Gasteiger partial charge < -0.3 is 21.1 Å². The molecule has 1 aromatic heterocycles. The summed E-state index contributed by atoms with van der Waals surface area (Å²) in [4.78, 5) is 14.8. The molecule has 2 atom stereocenters.